The van der Waals surface area contributed by atoms with Crippen molar-refractivity contribution in [3.05, 3.63) is 12.2 Å². The van der Waals surface area contributed by atoms with E-state index in [0.717, 1.165) is 18.4 Å². The minimum absolute atomic E-state index is 0.243. The third-order valence-electron chi connectivity index (χ3n) is 10.2. The molecule has 0 heterocycles. The molecular weight excluding hydrogens is 348 g/mol. The molecule has 7 atom stereocenters. The minimum Gasteiger partial charge on any atom is -0.415 e. The lowest BCUT2D eigenvalue weighted by Gasteiger charge is -2.47. The summed E-state index contributed by atoms with van der Waals surface area (Å²) in [6.45, 7) is 20.8. The quantitative estimate of drug-likeness (QED) is 0.425. The van der Waals surface area contributed by atoms with Gasteiger partial charge in [-0.1, -0.05) is 67.5 Å². The van der Waals surface area contributed by atoms with E-state index < -0.39 is 8.32 Å². The van der Waals surface area contributed by atoms with Gasteiger partial charge >= 0.3 is 0 Å². The number of fused-ring (bicyclic) bond motifs is 1. The first-order chi connectivity index (χ1) is 12.5. The lowest BCUT2D eigenvalue weighted by atomic mass is 9.63. The van der Waals surface area contributed by atoms with E-state index in [2.05, 4.69) is 67.5 Å². The molecular formula is C24H42O2Si. The third-order valence-corrected chi connectivity index (χ3v) is 16.3. The second-order valence-corrected chi connectivity index (χ2v) is 17.2. The van der Waals surface area contributed by atoms with Crippen molar-refractivity contribution in [1.29, 1.82) is 0 Å². The molecule has 4 aliphatic carbocycles. The Morgan fingerprint density at radius 2 is 1.63 bits per heavy atom. The Hall–Kier alpha value is -0.123. The lowest BCUT2D eigenvalue weighted by molar-refractivity contribution is 0.0268. The minimum atomic E-state index is -1.84. The highest BCUT2D eigenvalue weighted by Gasteiger charge is 2.87. The number of rotatable bonds is 7. The van der Waals surface area contributed by atoms with Gasteiger partial charge in [0.25, 0.3) is 0 Å². The molecule has 0 saturated heterocycles. The van der Waals surface area contributed by atoms with Crippen LogP contribution in [0.5, 0.6) is 0 Å². The molecule has 27 heavy (non-hydrogen) atoms. The van der Waals surface area contributed by atoms with Crippen LogP contribution in [0.15, 0.2) is 12.2 Å². The zero-order valence-electron chi connectivity index (χ0n) is 18.9. The summed E-state index contributed by atoms with van der Waals surface area (Å²) in [6.07, 6.45) is 7.54. The number of aliphatic hydroxyl groups is 1. The summed E-state index contributed by atoms with van der Waals surface area (Å²) in [5.41, 5.74) is 2.83. The molecule has 0 unspecified atom stereocenters. The van der Waals surface area contributed by atoms with Crippen molar-refractivity contribution in [2.45, 2.75) is 84.9 Å². The zero-order chi connectivity index (χ0) is 20.0. The second-order valence-electron chi connectivity index (χ2n) is 11.7. The zero-order valence-corrected chi connectivity index (χ0v) is 19.9. The summed E-state index contributed by atoms with van der Waals surface area (Å²) in [7, 11) is -1.84. The molecule has 1 spiro atoms. The third kappa shape index (κ3) is 2.05. The van der Waals surface area contributed by atoms with Crippen molar-refractivity contribution in [3.8, 4) is 0 Å². The SMILES string of the molecule is CC(C)[Si](OC[C@@]1(C)[C@@H]2[C@@H]3C=C[C@@]4([C@H](CO)CC[C@@H]14)[C@@]32C)(C(C)C)C(C)C. The van der Waals surface area contributed by atoms with Gasteiger partial charge in [-0.15, -0.1) is 0 Å². The molecule has 2 nitrogen and oxygen atoms in total. The molecule has 154 valence electrons. The summed E-state index contributed by atoms with van der Waals surface area (Å²) in [5.74, 6) is 2.63. The molecule has 3 heteroatoms. The Balaban J connectivity index is 1.66. The van der Waals surface area contributed by atoms with Crippen LogP contribution >= 0.6 is 0 Å². The Morgan fingerprint density at radius 3 is 2.15 bits per heavy atom. The highest BCUT2D eigenvalue weighted by Crippen LogP contribution is 2.90. The van der Waals surface area contributed by atoms with Crippen LogP contribution in [0.4, 0.5) is 0 Å². The summed E-state index contributed by atoms with van der Waals surface area (Å²) < 4.78 is 7.19. The van der Waals surface area contributed by atoms with E-state index in [1.54, 1.807) is 0 Å². The molecule has 0 aromatic carbocycles. The Labute approximate surface area is 168 Å². The summed E-state index contributed by atoms with van der Waals surface area (Å²) in [4.78, 5) is 0. The number of aliphatic hydroxyl groups excluding tert-OH is 1. The molecule has 4 rings (SSSR count). The van der Waals surface area contributed by atoms with Crippen LogP contribution in [0.3, 0.4) is 0 Å². The molecule has 0 aromatic rings. The van der Waals surface area contributed by atoms with Gasteiger partial charge in [0.05, 0.1) is 0 Å². The van der Waals surface area contributed by atoms with Crippen LogP contribution < -0.4 is 0 Å². The van der Waals surface area contributed by atoms with E-state index in [4.69, 9.17) is 4.43 Å². The fourth-order valence-electron chi connectivity index (χ4n) is 9.46. The van der Waals surface area contributed by atoms with E-state index >= 15 is 0 Å². The maximum Gasteiger partial charge on any atom is 0.200 e. The molecule has 3 fully saturated rings. The molecule has 0 bridgehead atoms. The van der Waals surface area contributed by atoms with Crippen LogP contribution in [0.2, 0.25) is 16.6 Å². The van der Waals surface area contributed by atoms with Crippen LogP contribution in [0.25, 0.3) is 0 Å². The second kappa shape index (κ2) is 5.95. The smallest absolute Gasteiger partial charge is 0.200 e. The van der Waals surface area contributed by atoms with Gasteiger partial charge in [0.15, 0.2) is 8.32 Å². The van der Waals surface area contributed by atoms with Crippen LogP contribution in [-0.4, -0.2) is 26.6 Å². The van der Waals surface area contributed by atoms with E-state index in [-0.39, 0.29) is 10.8 Å². The van der Waals surface area contributed by atoms with Gasteiger partial charge in [0, 0.05) is 18.6 Å². The first-order valence-corrected chi connectivity index (χ1v) is 13.6. The highest BCUT2D eigenvalue weighted by molar-refractivity contribution is 6.77. The fourth-order valence-corrected chi connectivity index (χ4v) is 15.0. The van der Waals surface area contributed by atoms with Crippen molar-refractivity contribution in [2.75, 3.05) is 13.2 Å². The van der Waals surface area contributed by atoms with Gasteiger partial charge < -0.3 is 9.53 Å². The average molecular weight is 391 g/mol. The maximum atomic E-state index is 10.2. The van der Waals surface area contributed by atoms with Gasteiger partial charge in [0.2, 0.25) is 0 Å². The average Bonchev–Trinajstić information content (AvgIpc) is 2.84. The molecule has 1 N–H and O–H groups in total. The summed E-state index contributed by atoms with van der Waals surface area (Å²) in [6, 6.07) is 0. The van der Waals surface area contributed by atoms with Gasteiger partial charge in [-0.2, -0.15) is 0 Å². The van der Waals surface area contributed by atoms with Crippen LogP contribution in [0.1, 0.15) is 68.2 Å². The van der Waals surface area contributed by atoms with Crippen molar-refractivity contribution in [2.24, 2.45) is 39.9 Å². The van der Waals surface area contributed by atoms with Crippen molar-refractivity contribution in [3.63, 3.8) is 0 Å². The first kappa shape index (κ1) is 20.2. The lowest BCUT2D eigenvalue weighted by Crippen LogP contribution is -2.51. The monoisotopic (exact) mass is 390 g/mol. The van der Waals surface area contributed by atoms with Gasteiger partial charge in [0.1, 0.15) is 0 Å². The largest absolute Gasteiger partial charge is 0.415 e. The molecule has 0 radical (unpaired) electrons. The topological polar surface area (TPSA) is 29.5 Å². The van der Waals surface area contributed by atoms with Gasteiger partial charge in [-0.3, -0.25) is 0 Å². The number of hydrogen-bond donors (Lipinski definition) is 1. The standard InChI is InChI=1S/C24H42O2Si/c1-15(2)27(16(3)4,17(5)6)26-14-22(7)20-10-9-18(13-25)24(20)12-11-19-21(22)23(19,24)8/h11-12,15-21,25H,9-10,13-14H2,1-8H3/t18-,19-,20-,21-,22+,23-,24-/m0/s1. The summed E-state index contributed by atoms with van der Waals surface area (Å²) >= 11 is 0. The normalized spacial score (nSPS) is 47.4. The fraction of sp³-hybridized carbons (Fsp3) is 0.917. The predicted octanol–water partition coefficient (Wildman–Crippen LogP) is 6.03. The predicted molar refractivity (Wildman–Crippen MR) is 115 cm³/mol. The van der Waals surface area contributed by atoms with Crippen molar-refractivity contribution < 1.29 is 9.53 Å². The molecule has 3 saturated carbocycles. The van der Waals surface area contributed by atoms with E-state index in [1.807, 2.05) is 0 Å². The van der Waals surface area contributed by atoms with Gasteiger partial charge in [-0.25, -0.2) is 0 Å². The highest BCUT2D eigenvalue weighted by atomic mass is 28.4. The Bertz CT molecular complexity index is 619. The Morgan fingerprint density at radius 1 is 1.04 bits per heavy atom. The molecule has 4 aliphatic rings. The van der Waals surface area contributed by atoms with E-state index in [0.29, 0.717) is 40.5 Å². The molecule has 0 aromatic heterocycles. The van der Waals surface area contributed by atoms with Crippen LogP contribution in [-0.2, 0) is 4.43 Å². The number of hydrogen-bond acceptors (Lipinski definition) is 2. The van der Waals surface area contributed by atoms with E-state index in [1.165, 1.54) is 12.8 Å². The van der Waals surface area contributed by atoms with E-state index in [9.17, 15) is 5.11 Å². The maximum absolute atomic E-state index is 10.2. The van der Waals surface area contributed by atoms with Crippen molar-refractivity contribution in [1.82, 2.24) is 0 Å². The van der Waals surface area contributed by atoms with Crippen molar-refractivity contribution >= 4 is 8.32 Å². The Kier molecular flexibility index (Phi) is 4.44. The first-order valence-electron chi connectivity index (χ1n) is 11.5. The van der Waals surface area contributed by atoms with Gasteiger partial charge in [-0.05, 0) is 64.0 Å². The summed E-state index contributed by atoms with van der Waals surface area (Å²) in [5, 5.41) is 10.2. The van der Waals surface area contributed by atoms with Crippen LogP contribution in [0, 0.1) is 39.9 Å². The molecule has 0 aliphatic heterocycles. The molecule has 0 amide bonds. The number of allylic oxidation sites excluding steroid dienone is 2.